The first-order chi connectivity index (χ1) is 15.1. The van der Waals surface area contributed by atoms with Crippen LogP contribution >= 0.6 is 0 Å². The Morgan fingerprint density at radius 3 is 2.16 bits per heavy atom. The molecule has 0 bridgehead atoms. The molecule has 0 saturated carbocycles. The van der Waals surface area contributed by atoms with Crippen LogP contribution in [0, 0.1) is 0 Å². The SMILES string of the molecule is CC(=O)Nc1ccc(/C=N/NC(=O)COc2ccc(OCc3ccccc3)cc2)cc1. The molecule has 3 aromatic carbocycles. The van der Waals surface area contributed by atoms with Crippen molar-refractivity contribution in [3.63, 3.8) is 0 Å². The van der Waals surface area contributed by atoms with Gasteiger partial charge in [-0.05, 0) is 47.5 Å². The van der Waals surface area contributed by atoms with E-state index in [-0.39, 0.29) is 18.4 Å². The number of nitrogens with zero attached hydrogens (tertiary/aromatic N) is 1. The molecule has 7 nitrogen and oxygen atoms in total. The van der Waals surface area contributed by atoms with Crippen LogP contribution in [0.4, 0.5) is 5.69 Å². The van der Waals surface area contributed by atoms with Crippen molar-refractivity contribution >= 4 is 23.7 Å². The molecule has 3 aromatic rings. The molecular formula is C24H23N3O4. The number of hydrazone groups is 1. The van der Waals surface area contributed by atoms with Crippen molar-refractivity contribution in [1.29, 1.82) is 0 Å². The van der Waals surface area contributed by atoms with Gasteiger partial charge in [0.2, 0.25) is 5.91 Å². The van der Waals surface area contributed by atoms with Gasteiger partial charge in [-0.2, -0.15) is 5.10 Å². The summed E-state index contributed by atoms with van der Waals surface area (Å²) in [7, 11) is 0. The fraction of sp³-hybridized carbons (Fsp3) is 0.125. The maximum absolute atomic E-state index is 11.9. The summed E-state index contributed by atoms with van der Waals surface area (Å²) in [4.78, 5) is 22.9. The molecule has 2 amide bonds. The fourth-order valence-corrected chi connectivity index (χ4v) is 2.59. The topological polar surface area (TPSA) is 89.0 Å². The van der Waals surface area contributed by atoms with Gasteiger partial charge in [-0.3, -0.25) is 9.59 Å². The molecule has 0 aliphatic rings. The standard InChI is InChI=1S/C24H23N3O4/c1-18(28)26-21-9-7-19(8-10-21)15-25-27-24(29)17-31-23-13-11-22(12-14-23)30-16-20-5-3-2-4-6-20/h2-15H,16-17H2,1H3,(H,26,28)(H,27,29)/b25-15+. The van der Waals surface area contributed by atoms with Crippen molar-refractivity contribution in [2.24, 2.45) is 5.10 Å². The van der Waals surface area contributed by atoms with E-state index in [1.807, 2.05) is 30.3 Å². The molecule has 0 atom stereocenters. The highest BCUT2D eigenvalue weighted by atomic mass is 16.5. The van der Waals surface area contributed by atoms with Crippen LogP contribution < -0.4 is 20.2 Å². The number of nitrogens with one attached hydrogen (secondary N) is 2. The number of hydrogen-bond donors (Lipinski definition) is 2. The maximum atomic E-state index is 11.9. The summed E-state index contributed by atoms with van der Waals surface area (Å²) in [5, 5.41) is 6.58. The van der Waals surface area contributed by atoms with Gasteiger partial charge in [0, 0.05) is 12.6 Å². The molecule has 0 aliphatic heterocycles. The molecule has 0 aliphatic carbocycles. The molecule has 0 fully saturated rings. The monoisotopic (exact) mass is 417 g/mol. The average molecular weight is 417 g/mol. The number of benzene rings is 3. The van der Waals surface area contributed by atoms with E-state index in [0.29, 0.717) is 18.0 Å². The van der Waals surface area contributed by atoms with E-state index in [1.165, 1.54) is 13.1 Å². The first-order valence-corrected chi connectivity index (χ1v) is 9.67. The molecule has 3 rings (SSSR count). The van der Waals surface area contributed by atoms with Gasteiger partial charge in [0.1, 0.15) is 18.1 Å². The van der Waals surface area contributed by atoms with Crippen LogP contribution in [0.2, 0.25) is 0 Å². The number of amides is 2. The van der Waals surface area contributed by atoms with E-state index in [1.54, 1.807) is 48.5 Å². The molecule has 0 spiro atoms. The van der Waals surface area contributed by atoms with Crippen molar-refractivity contribution in [2.75, 3.05) is 11.9 Å². The summed E-state index contributed by atoms with van der Waals surface area (Å²) >= 11 is 0. The highest BCUT2D eigenvalue weighted by Crippen LogP contribution is 2.18. The van der Waals surface area contributed by atoms with Crippen LogP contribution in [0.1, 0.15) is 18.1 Å². The van der Waals surface area contributed by atoms with Gasteiger partial charge < -0.3 is 14.8 Å². The predicted molar refractivity (Wildman–Crippen MR) is 119 cm³/mol. The molecular weight excluding hydrogens is 394 g/mol. The molecule has 2 N–H and O–H groups in total. The molecule has 0 saturated heterocycles. The lowest BCUT2D eigenvalue weighted by atomic mass is 10.2. The van der Waals surface area contributed by atoms with E-state index in [9.17, 15) is 9.59 Å². The number of carbonyl (C=O) groups excluding carboxylic acids is 2. The Labute approximate surface area is 180 Å². The lowest BCUT2D eigenvalue weighted by molar-refractivity contribution is -0.123. The van der Waals surface area contributed by atoms with Gasteiger partial charge in [-0.15, -0.1) is 0 Å². The number of hydrogen-bond acceptors (Lipinski definition) is 5. The number of rotatable bonds is 9. The lowest BCUT2D eigenvalue weighted by Gasteiger charge is -2.08. The number of carbonyl (C=O) groups is 2. The molecule has 31 heavy (non-hydrogen) atoms. The zero-order valence-corrected chi connectivity index (χ0v) is 17.1. The largest absolute Gasteiger partial charge is 0.489 e. The fourth-order valence-electron chi connectivity index (χ4n) is 2.59. The van der Waals surface area contributed by atoms with E-state index < -0.39 is 0 Å². The summed E-state index contributed by atoms with van der Waals surface area (Å²) in [5.74, 6) is 0.757. The summed E-state index contributed by atoms with van der Waals surface area (Å²) in [5.41, 5.74) is 4.97. The first-order valence-electron chi connectivity index (χ1n) is 9.67. The van der Waals surface area contributed by atoms with Crippen molar-refractivity contribution < 1.29 is 19.1 Å². The molecule has 0 aromatic heterocycles. The van der Waals surface area contributed by atoms with Gasteiger partial charge in [-0.25, -0.2) is 5.43 Å². The quantitative estimate of drug-likeness (QED) is 0.410. The van der Waals surface area contributed by atoms with Gasteiger partial charge in [0.05, 0.1) is 6.21 Å². The molecule has 7 heteroatoms. The molecule has 0 radical (unpaired) electrons. The van der Waals surface area contributed by atoms with Gasteiger partial charge >= 0.3 is 0 Å². The van der Waals surface area contributed by atoms with Crippen LogP contribution in [0.15, 0.2) is 84.0 Å². The second-order valence-corrected chi connectivity index (χ2v) is 6.63. The Kier molecular flexibility index (Phi) is 7.77. The number of ether oxygens (including phenoxy) is 2. The minimum Gasteiger partial charge on any atom is -0.489 e. The van der Waals surface area contributed by atoms with Crippen molar-refractivity contribution in [2.45, 2.75) is 13.5 Å². The van der Waals surface area contributed by atoms with Crippen molar-refractivity contribution in [3.8, 4) is 11.5 Å². The second kappa shape index (κ2) is 11.2. The molecule has 158 valence electrons. The van der Waals surface area contributed by atoms with E-state index >= 15 is 0 Å². The number of anilines is 1. The molecule has 0 unspecified atom stereocenters. The van der Waals surface area contributed by atoms with Crippen molar-refractivity contribution in [3.05, 3.63) is 90.0 Å². The summed E-state index contributed by atoms with van der Waals surface area (Å²) in [6.45, 7) is 1.77. The van der Waals surface area contributed by atoms with E-state index in [0.717, 1.165) is 16.9 Å². The second-order valence-electron chi connectivity index (χ2n) is 6.63. The maximum Gasteiger partial charge on any atom is 0.277 e. The minimum atomic E-state index is -0.379. The molecule has 0 heterocycles. The van der Waals surface area contributed by atoms with Crippen molar-refractivity contribution in [1.82, 2.24) is 5.43 Å². The van der Waals surface area contributed by atoms with E-state index in [4.69, 9.17) is 9.47 Å². The smallest absolute Gasteiger partial charge is 0.277 e. The Balaban J connectivity index is 1.39. The van der Waals surface area contributed by atoms with Crippen LogP contribution in [0.25, 0.3) is 0 Å². The average Bonchev–Trinajstić information content (AvgIpc) is 2.78. The highest BCUT2D eigenvalue weighted by molar-refractivity contribution is 5.89. The summed E-state index contributed by atoms with van der Waals surface area (Å²) in [6.07, 6.45) is 1.51. The Hall–Kier alpha value is -4.13. The third-order valence-corrected chi connectivity index (χ3v) is 4.08. The Morgan fingerprint density at radius 2 is 1.52 bits per heavy atom. The van der Waals surface area contributed by atoms with Gasteiger partial charge in [-0.1, -0.05) is 42.5 Å². The van der Waals surface area contributed by atoms with Gasteiger partial charge in [0.15, 0.2) is 6.61 Å². The minimum absolute atomic E-state index is 0.136. The van der Waals surface area contributed by atoms with Gasteiger partial charge in [0.25, 0.3) is 5.91 Å². The first kappa shape index (κ1) is 21.6. The zero-order valence-electron chi connectivity index (χ0n) is 17.1. The van der Waals surface area contributed by atoms with E-state index in [2.05, 4.69) is 15.8 Å². The Bertz CT molecular complexity index is 1020. The highest BCUT2D eigenvalue weighted by Gasteiger charge is 2.03. The predicted octanol–water partition coefficient (Wildman–Crippen LogP) is 3.75. The summed E-state index contributed by atoms with van der Waals surface area (Å²) < 4.78 is 11.2. The normalized spacial score (nSPS) is 10.5. The third kappa shape index (κ3) is 7.66. The lowest BCUT2D eigenvalue weighted by Crippen LogP contribution is -2.24. The van der Waals surface area contributed by atoms with Crippen LogP contribution in [-0.2, 0) is 16.2 Å². The third-order valence-electron chi connectivity index (χ3n) is 4.08. The summed E-state index contributed by atoms with van der Waals surface area (Å²) in [6, 6.07) is 24.0. The Morgan fingerprint density at radius 1 is 0.871 bits per heavy atom. The van der Waals surface area contributed by atoms with Crippen LogP contribution in [0.3, 0.4) is 0 Å². The van der Waals surface area contributed by atoms with Crippen LogP contribution in [0.5, 0.6) is 11.5 Å². The zero-order chi connectivity index (χ0) is 21.9. The van der Waals surface area contributed by atoms with Crippen LogP contribution in [-0.4, -0.2) is 24.6 Å².